The molecule has 1 aliphatic carbocycles. The topological polar surface area (TPSA) is 20.3 Å². The van der Waals surface area contributed by atoms with Crippen molar-refractivity contribution in [1.29, 1.82) is 0 Å². The zero-order valence-corrected chi connectivity index (χ0v) is 13.9. The number of likely N-dealkylation sites (N-methyl/N-ethyl adjacent to an activating group) is 1. The number of benzene rings is 3. The fraction of sp³-hybridized carbons (Fsp3) is 0.0870. The Hall–Kier alpha value is -3.13. The number of nitrogens with zero attached hydrogens (tertiary/aromatic N) is 1. The maximum absolute atomic E-state index is 13.4. The van der Waals surface area contributed by atoms with Gasteiger partial charge in [-0.15, -0.1) is 0 Å². The summed E-state index contributed by atoms with van der Waals surface area (Å²) in [5, 5.41) is 0. The van der Waals surface area contributed by atoms with E-state index < -0.39 is 5.41 Å². The summed E-state index contributed by atoms with van der Waals surface area (Å²) in [7, 11) is 1.87. The van der Waals surface area contributed by atoms with Gasteiger partial charge < -0.3 is 4.90 Å². The molecule has 1 unspecified atom stereocenters. The van der Waals surface area contributed by atoms with E-state index in [0.29, 0.717) is 0 Å². The maximum Gasteiger partial charge on any atom is 0.245 e. The number of amides is 1. The van der Waals surface area contributed by atoms with Crippen molar-refractivity contribution < 1.29 is 4.79 Å². The Bertz CT molecular complexity index is 1030. The molecule has 0 aromatic heterocycles. The first kappa shape index (κ1) is 14.2. The minimum absolute atomic E-state index is 0.118. The van der Waals surface area contributed by atoms with E-state index in [1.54, 1.807) is 4.90 Å². The third-order valence-electron chi connectivity index (χ3n) is 5.42. The third kappa shape index (κ3) is 1.71. The number of anilines is 1. The molecule has 2 heteroatoms. The number of carbonyl (C=O) groups excluding carboxylic acids is 1. The Morgan fingerprint density at radius 3 is 2.20 bits per heavy atom. The van der Waals surface area contributed by atoms with Crippen molar-refractivity contribution in [3.63, 3.8) is 0 Å². The molecule has 2 nitrogen and oxygen atoms in total. The number of carbonyl (C=O) groups is 1. The van der Waals surface area contributed by atoms with Crippen LogP contribution in [0.2, 0.25) is 0 Å². The van der Waals surface area contributed by atoms with Crippen molar-refractivity contribution in [3.05, 3.63) is 107 Å². The van der Waals surface area contributed by atoms with Gasteiger partial charge in [-0.2, -0.15) is 0 Å². The van der Waals surface area contributed by atoms with E-state index in [1.807, 2.05) is 55.6 Å². The number of hydrogen-bond acceptors (Lipinski definition) is 1. The molecule has 0 fully saturated rings. The van der Waals surface area contributed by atoms with E-state index in [1.165, 1.54) is 0 Å². The van der Waals surface area contributed by atoms with Crippen LogP contribution in [0.3, 0.4) is 0 Å². The van der Waals surface area contributed by atoms with Crippen LogP contribution < -0.4 is 4.90 Å². The summed E-state index contributed by atoms with van der Waals surface area (Å²) in [5.74, 6) is 0.118. The molecule has 1 spiro atoms. The van der Waals surface area contributed by atoms with E-state index in [4.69, 9.17) is 0 Å². The summed E-state index contributed by atoms with van der Waals surface area (Å²) in [6.07, 6.45) is 2.16. The highest BCUT2D eigenvalue weighted by Crippen LogP contribution is 2.53. The highest BCUT2D eigenvalue weighted by molar-refractivity contribution is 6.15. The van der Waals surface area contributed by atoms with Crippen LogP contribution in [0.25, 0.3) is 5.57 Å². The van der Waals surface area contributed by atoms with Crippen molar-refractivity contribution in [1.82, 2.24) is 0 Å². The van der Waals surface area contributed by atoms with Gasteiger partial charge >= 0.3 is 0 Å². The summed E-state index contributed by atoms with van der Waals surface area (Å²) in [5.41, 5.74) is 5.85. The van der Waals surface area contributed by atoms with Crippen LogP contribution >= 0.6 is 0 Å². The molecular weight excluding hydrogens is 306 g/mol. The average molecular weight is 323 g/mol. The number of fused-ring (bicyclic) bond motifs is 4. The molecule has 1 atom stereocenters. The first-order valence-electron chi connectivity index (χ1n) is 8.49. The van der Waals surface area contributed by atoms with Crippen LogP contribution in [0.1, 0.15) is 22.3 Å². The van der Waals surface area contributed by atoms with Gasteiger partial charge in [-0.05, 0) is 33.9 Å². The average Bonchev–Trinajstić information content (AvgIpc) is 3.13. The highest BCUT2D eigenvalue weighted by atomic mass is 16.2. The molecule has 1 amide bonds. The summed E-state index contributed by atoms with van der Waals surface area (Å²) >= 11 is 0. The summed E-state index contributed by atoms with van der Waals surface area (Å²) in [6, 6.07) is 26.7. The number of hydrogen-bond donors (Lipinski definition) is 0. The number of rotatable bonds is 1. The van der Waals surface area contributed by atoms with E-state index in [-0.39, 0.29) is 5.91 Å². The van der Waals surface area contributed by atoms with Crippen molar-refractivity contribution >= 4 is 17.2 Å². The lowest BCUT2D eigenvalue weighted by atomic mass is 9.77. The highest BCUT2D eigenvalue weighted by Gasteiger charge is 2.53. The molecule has 120 valence electrons. The molecule has 0 saturated heterocycles. The second-order valence-electron chi connectivity index (χ2n) is 6.66. The van der Waals surface area contributed by atoms with Crippen LogP contribution in [-0.4, -0.2) is 13.0 Å². The Morgan fingerprint density at radius 1 is 0.760 bits per heavy atom. The Kier molecular flexibility index (Phi) is 2.81. The Morgan fingerprint density at radius 2 is 1.40 bits per heavy atom. The molecule has 5 rings (SSSR count). The molecule has 1 aliphatic heterocycles. The zero-order chi connectivity index (χ0) is 17.0. The van der Waals surface area contributed by atoms with E-state index in [2.05, 4.69) is 36.4 Å². The van der Waals surface area contributed by atoms with Gasteiger partial charge in [-0.25, -0.2) is 0 Å². The largest absolute Gasteiger partial charge is 0.314 e. The van der Waals surface area contributed by atoms with Gasteiger partial charge in [-0.1, -0.05) is 78.9 Å². The van der Waals surface area contributed by atoms with Crippen molar-refractivity contribution in [2.45, 2.75) is 5.41 Å². The first-order valence-corrected chi connectivity index (χ1v) is 8.49. The molecule has 0 saturated carbocycles. The zero-order valence-electron chi connectivity index (χ0n) is 13.9. The predicted molar refractivity (Wildman–Crippen MR) is 101 cm³/mol. The fourth-order valence-corrected chi connectivity index (χ4v) is 4.28. The molecule has 1 heterocycles. The minimum Gasteiger partial charge on any atom is -0.314 e. The maximum atomic E-state index is 13.4. The molecule has 3 aromatic rings. The van der Waals surface area contributed by atoms with Gasteiger partial charge in [0, 0.05) is 12.7 Å². The SMILES string of the molecule is CN1C(=O)C2(C=C(c3ccccc3)c3ccccc32)c2ccccc21. The Labute approximate surface area is 147 Å². The monoisotopic (exact) mass is 323 g/mol. The van der Waals surface area contributed by atoms with Crippen LogP contribution in [0.15, 0.2) is 84.9 Å². The van der Waals surface area contributed by atoms with Gasteiger partial charge in [0.2, 0.25) is 5.91 Å². The van der Waals surface area contributed by atoms with Crippen LogP contribution in [0.5, 0.6) is 0 Å². The van der Waals surface area contributed by atoms with Crippen LogP contribution in [0.4, 0.5) is 5.69 Å². The molecule has 2 aliphatic rings. The second kappa shape index (κ2) is 4.93. The van der Waals surface area contributed by atoms with Gasteiger partial charge in [0.15, 0.2) is 0 Å². The lowest BCUT2D eigenvalue weighted by Crippen LogP contribution is -2.37. The lowest BCUT2D eigenvalue weighted by Gasteiger charge is -2.22. The fourth-order valence-electron chi connectivity index (χ4n) is 4.28. The van der Waals surface area contributed by atoms with Gasteiger partial charge in [0.25, 0.3) is 0 Å². The molecule has 0 N–H and O–H groups in total. The standard InChI is InChI=1S/C23H17NO/c1-24-21-14-8-7-13-20(21)23(22(24)25)15-18(16-9-3-2-4-10-16)17-11-5-6-12-19(17)23/h2-15H,1H3. The van der Waals surface area contributed by atoms with Gasteiger partial charge in [-0.3, -0.25) is 4.79 Å². The van der Waals surface area contributed by atoms with E-state index in [9.17, 15) is 4.79 Å². The first-order chi connectivity index (χ1) is 12.2. The molecule has 0 bridgehead atoms. The molecular formula is C23H17NO. The van der Waals surface area contributed by atoms with E-state index in [0.717, 1.165) is 33.5 Å². The molecule has 3 aromatic carbocycles. The van der Waals surface area contributed by atoms with Gasteiger partial charge in [0.05, 0.1) is 0 Å². The normalized spacial score (nSPS) is 20.6. The third-order valence-corrected chi connectivity index (χ3v) is 5.42. The van der Waals surface area contributed by atoms with Crippen molar-refractivity contribution in [2.24, 2.45) is 0 Å². The lowest BCUT2D eigenvalue weighted by molar-refractivity contribution is -0.120. The summed E-state index contributed by atoms with van der Waals surface area (Å²) < 4.78 is 0. The predicted octanol–water partition coefficient (Wildman–Crippen LogP) is 4.39. The Balaban J connectivity index is 1.86. The summed E-state index contributed by atoms with van der Waals surface area (Å²) in [6.45, 7) is 0. The van der Waals surface area contributed by atoms with Crippen LogP contribution in [0, 0.1) is 0 Å². The number of para-hydroxylation sites is 1. The molecule has 0 radical (unpaired) electrons. The van der Waals surface area contributed by atoms with E-state index >= 15 is 0 Å². The van der Waals surface area contributed by atoms with Gasteiger partial charge in [0.1, 0.15) is 5.41 Å². The smallest absolute Gasteiger partial charge is 0.245 e. The second-order valence-corrected chi connectivity index (χ2v) is 6.66. The molecule has 25 heavy (non-hydrogen) atoms. The van der Waals surface area contributed by atoms with Crippen molar-refractivity contribution in [3.8, 4) is 0 Å². The van der Waals surface area contributed by atoms with Crippen LogP contribution in [-0.2, 0) is 10.2 Å². The van der Waals surface area contributed by atoms with Crippen molar-refractivity contribution in [2.75, 3.05) is 11.9 Å². The quantitative estimate of drug-likeness (QED) is 0.650. The minimum atomic E-state index is -0.715. The summed E-state index contributed by atoms with van der Waals surface area (Å²) in [4.78, 5) is 15.2.